The lowest BCUT2D eigenvalue weighted by Crippen LogP contribution is -2.03. The standard InChI is InChI=1S/C13H21O4P/c1-3-5-6-13(18(15,16)17-4-2)11-7-9-12(14)10-8-11/h7-10,13-14H,3-6H2,1-2H3,(H,15,16). The number of unbranched alkanes of at least 4 members (excludes halogenated alkanes) is 1. The molecule has 1 aromatic carbocycles. The van der Waals surface area contributed by atoms with Crippen LogP contribution in [0.15, 0.2) is 24.3 Å². The summed E-state index contributed by atoms with van der Waals surface area (Å²) in [6.07, 6.45) is 2.43. The van der Waals surface area contributed by atoms with E-state index in [9.17, 15) is 14.6 Å². The molecule has 0 aliphatic heterocycles. The summed E-state index contributed by atoms with van der Waals surface area (Å²) in [6, 6.07) is 6.41. The smallest absolute Gasteiger partial charge is 0.335 e. The van der Waals surface area contributed by atoms with Crippen LogP contribution in [0, 0.1) is 0 Å². The van der Waals surface area contributed by atoms with Gasteiger partial charge in [-0.3, -0.25) is 4.57 Å². The SMILES string of the molecule is CCCCC(c1ccc(O)cc1)P(=O)(O)OCC. The Labute approximate surface area is 108 Å². The molecule has 0 fully saturated rings. The number of hydrogen-bond acceptors (Lipinski definition) is 3. The van der Waals surface area contributed by atoms with Crippen LogP contribution in [0.3, 0.4) is 0 Å². The zero-order valence-corrected chi connectivity index (χ0v) is 11.8. The number of phenolic OH excluding ortho intramolecular Hbond substituents is 1. The van der Waals surface area contributed by atoms with E-state index in [1.807, 2.05) is 6.92 Å². The van der Waals surface area contributed by atoms with Crippen LogP contribution in [0.2, 0.25) is 0 Å². The van der Waals surface area contributed by atoms with Gasteiger partial charge in [-0.15, -0.1) is 0 Å². The van der Waals surface area contributed by atoms with Gasteiger partial charge in [-0.1, -0.05) is 31.9 Å². The average molecular weight is 272 g/mol. The van der Waals surface area contributed by atoms with Crippen molar-refractivity contribution < 1.29 is 19.1 Å². The number of benzene rings is 1. The molecule has 1 rings (SSSR count). The molecule has 0 radical (unpaired) electrons. The number of aromatic hydroxyl groups is 1. The molecule has 2 unspecified atom stereocenters. The van der Waals surface area contributed by atoms with Crippen LogP contribution in [0.4, 0.5) is 0 Å². The molecule has 0 heterocycles. The second-order valence-electron chi connectivity index (χ2n) is 4.23. The summed E-state index contributed by atoms with van der Waals surface area (Å²) in [6.45, 7) is 3.96. The molecular formula is C13H21O4P. The first-order chi connectivity index (χ1) is 8.51. The van der Waals surface area contributed by atoms with Crippen LogP contribution in [0.5, 0.6) is 5.75 Å². The highest BCUT2D eigenvalue weighted by Gasteiger charge is 2.32. The molecule has 0 bridgehead atoms. The van der Waals surface area contributed by atoms with E-state index in [-0.39, 0.29) is 12.4 Å². The fourth-order valence-electron chi connectivity index (χ4n) is 1.89. The van der Waals surface area contributed by atoms with Crippen molar-refractivity contribution in [2.45, 2.75) is 38.8 Å². The molecule has 5 heteroatoms. The van der Waals surface area contributed by atoms with Crippen LogP contribution < -0.4 is 0 Å². The first-order valence-electron chi connectivity index (χ1n) is 6.27. The van der Waals surface area contributed by atoms with Gasteiger partial charge < -0.3 is 14.5 Å². The van der Waals surface area contributed by atoms with Crippen LogP contribution in [0.25, 0.3) is 0 Å². The van der Waals surface area contributed by atoms with Gasteiger partial charge in [0.05, 0.1) is 12.3 Å². The lowest BCUT2D eigenvalue weighted by Gasteiger charge is -2.22. The van der Waals surface area contributed by atoms with E-state index in [1.54, 1.807) is 19.1 Å². The van der Waals surface area contributed by atoms with E-state index < -0.39 is 13.3 Å². The molecule has 2 atom stereocenters. The molecule has 18 heavy (non-hydrogen) atoms. The molecule has 2 N–H and O–H groups in total. The van der Waals surface area contributed by atoms with Crippen molar-refractivity contribution in [3.8, 4) is 5.75 Å². The zero-order chi connectivity index (χ0) is 13.6. The Hall–Kier alpha value is -0.830. The van der Waals surface area contributed by atoms with Gasteiger partial charge in [0.25, 0.3) is 0 Å². The quantitative estimate of drug-likeness (QED) is 0.740. The Morgan fingerprint density at radius 2 is 1.89 bits per heavy atom. The second-order valence-corrected chi connectivity index (χ2v) is 6.24. The maximum Gasteiger partial charge on any atom is 0.335 e. The Bertz CT molecular complexity index is 402. The zero-order valence-electron chi connectivity index (χ0n) is 10.9. The highest BCUT2D eigenvalue weighted by Crippen LogP contribution is 2.58. The topological polar surface area (TPSA) is 66.8 Å². The summed E-state index contributed by atoms with van der Waals surface area (Å²) in [7, 11) is -3.65. The van der Waals surface area contributed by atoms with Crippen molar-refractivity contribution in [2.75, 3.05) is 6.61 Å². The normalized spacial score (nSPS) is 16.2. The van der Waals surface area contributed by atoms with Gasteiger partial charge >= 0.3 is 7.60 Å². The molecule has 1 aromatic rings. The van der Waals surface area contributed by atoms with Crippen molar-refractivity contribution in [1.82, 2.24) is 0 Å². The van der Waals surface area contributed by atoms with Crippen molar-refractivity contribution in [3.05, 3.63) is 29.8 Å². The van der Waals surface area contributed by atoms with Crippen molar-refractivity contribution in [1.29, 1.82) is 0 Å². The Kier molecular flexibility index (Phi) is 5.86. The van der Waals surface area contributed by atoms with Gasteiger partial charge in [0, 0.05) is 0 Å². The van der Waals surface area contributed by atoms with Gasteiger partial charge in [0.2, 0.25) is 0 Å². The van der Waals surface area contributed by atoms with E-state index in [2.05, 4.69) is 0 Å². The molecule has 102 valence electrons. The summed E-state index contributed by atoms with van der Waals surface area (Å²) < 4.78 is 17.2. The minimum absolute atomic E-state index is 0.150. The van der Waals surface area contributed by atoms with Crippen molar-refractivity contribution >= 4 is 7.60 Å². The summed E-state index contributed by atoms with van der Waals surface area (Å²) in [5, 5.41) is 9.26. The first-order valence-corrected chi connectivity index (χ1v) is 7.91. The highest BCUT2D eigenvalue weighted by molar-refractivity contribution is 7.53. The van der Waals surface area contributed by atoms with Crippen molar-refractivity contribution in [2.24, 2.45) is 0 Å². The van der Waals surface area contributed by atoms with E-state index >= 15 is 0 Å². The molecule has 0 aliphatic carbocycles. The van der Waals surface area contributed by atoms with Gasteiger partial charge in [-0.2, -0.15) is 0 Å². The van der Waals surface area contributed by atoms with Gasteiger partial charge in [0.1, 0.15) is 5.75 Å². The number of hydrogen-bond donors (Lipinski definition) is 2. The minimum atomic E-state index is -3.65. The summed E-state index contributed by atoms with van der Waals surface area (Å²) >= 11 is 0. The predicted molar refractivity (Wildman–Crippen MR) is 71.8 cm³/mol. The summed E-state index contributed by atoms with van der Waals surface area (Å²) in [4.78, 5) is 9.99. The predicted octanol–water partition coefficient (Wildman–Crippen LogP) is 3.85. The second kappa shape index (κ2) is 6.93. The Balaban J connectivity index is 2.97. The van der Waals surface area contributed by atoms with Gasteiger partial charge in [-0.25, -0.2) is 0 Å². The third-order valence-corrected chi connectivity index (χ3v) is 4.79. The molecular weight excluding hydrogens is 251 g/mol. The largest absolute Gasteiger partial charge is 0.508 e. The fourth-order valence-corrected chi connectivity index (χ4v) is 3.49. The molecule has 0 amide bonds. The number of phenols is 1. The average Bonchev–Trinajstić information content (AvgIpc) is 2.31. The van der Waals surface area contributed by atoms with Crippen molar-refractivity contribution in [3.63, 3.8) is 0 Å². The van der Waals surface area contributed by atoms with Crippen LogP contribution >= 0.6 is 7.60 Å². The highest BCUT2D eigenvalue weighted by atomic mass is 31.2. The Morgan fingerprint density at radius 1 is 1.28 bits per heavy atom. The monoisotopic (exact) mass is 272 g/mol. The van der Waals surface area contributed by atoms with E-state index in [0.717, 1.165) is 18.4 Å². The lowest BCUT2D eigenvalue weighted by molar-refractivity contribution is 0.262. The maximum absolute atomic E-state index is 12.2. The molecule has 0 saturated carbocycles. The maximum atomic E-state index is 12.2. The minimum Gasteiger partial charge on any atom is -0.508 e. The van der Waals surface area contributed by atoms with Crippen LogP contribution in [-0.4, -0.2) is 16.6 Å². The summed E-state index contributed by atoms with van der Waals surface area (Å²) in [5.74, 6) is 0.150. The number of rotatable bonds is 7. The van der Waals surface area contributed by atoms with E-state index in [0.29, 0.717) is 6.42 Å². The third kappa shape index (κ3) is 4.13. The van der Waals surface area contributed by atoms with E-state index in [1.165, 1.54) is 12.1 Å². The molecule has 0 saturated heterocycles. The van der Waals surface area contributed by atoms with Gasteiger partial charge in [0.15, 0.2) is 0 Å². The lowest BCUT2D eigenvalue weighted by atomic mass is 10.1. The third-order valence-electron chi connectivity index (χ3n) is 2.82. The molecule has 0 aliphatic rings. The summed E-state index contributed by atoms with van der Waals surface area (Å²) in [5.41, 5.74) is 0.221. The van der Waals surface area contributed by atoms with Crippen LogP contribution in [-0.2, 0) is 9.09 Å². The molecule has 0 spiro atoms. The van der Waals surface area contributed by atoms with Gasteiger partial charge in [-0.05, 0) is 31.0 Å². The van der Waals surface area contributed by atoms with Crippen LogP contribution in [0.1, 0.15) is 44.3 Å². The molecule has 0 aromatic heterocycles. The Morgan fingerprint density at radius 3 is 2.39 bits per heavy atom. The first kappa shape index (κ1) is 15.2. The fraction of sp³-hybridized carbons (Fsp3) is 0.538. The van der Waals surface area contributed by atoms with E-state index in [4.69, 9.17) is 4.52 Å². The molecule has 4 nitrogen and oxygen atoms in total.